The smallest absolute Gasteiger partial charge is 0.240 e. The van der Waals surface area contributed by atoms with Gasteiger partial charge in [0.15, 0.2) is 6.04 Å². The normalized spacial score (nSPS) is 26.0. The van der Waals surface area contributed by atoms with Gasteiger partial charge < -0.3 is 9.73 Å². The fourth-order valence-corrected chi connectivity index (χ4v) is 1.74. The van der Waals surface area contributed by atoms with Crippen LogP contribution in [0.1, 0.15) is 24.6 Å². The summed E-state index contributed by atoms with van der Waals surface area (Å²) in [5.74, 6) is 0.263. The van der Waals surface area contributed by atoms with E-state index in [0.717, 1.165) is 0 Å². The maximum absolute atomic E-state index is 11.2. The van der Waals surface area contributed by atoms with Crippen molar-refractivity contribution in [2.45, 2.75) is 24.9 Å². The van der Waals surface area contributed by atoms with E-state index >= 15 is 0 Å². The highest BCUT2D eigenvalue weighted by Gasteiger charge is 2.39. The van der Waals surface area contributed by atoms with Gasteiger partial charge in [0, 0.05) is 17.8 Å². The van der Waals surface area contributed by atoms with Gasteiger partial charge >= 0.3 is 0 Å². The van der Waals surface area contributed by atoms with Gasteiger partial charge in [0.1, 0.15) is 5.76 Å². The number of carbonyl (C=O) groups is 1. The van der Waals surface area contributed by atoms with Crippen LogP contribution in [0.4, 0.5) is 0 Å². The third-order valence-corrected chi connectivity index (χ3v) is 2.49. The third kappa shape index (κ3) is 1.83. The Morgan fingerprint density at radius 2 is 2.40 bits per heavy atom. The molecule has 1 aromatic heterocycles. The van der Waals surface area contributed by atoms with E-state index in [4.69, 9.17) is 4.42 Å². The minimum atomic E-state index is -0.797. The van der Waals surface area contributed by atoms with Crippen LogP contribution < -0.4 is 5.32 Å². The first kappa shape index (κ1) is 9.70. The lowest BCUT2D eigenvalue weighted by atomic mass is 9.97. The molecule has 1 amide bonds. The molecular formula is C9H10N2O4. The van der Waals surface area contributed by atoms with Crippen LogP contribution in [0.5, 0.6) is 0 Å². The fraction of sp³-hybridized carbons (Fsp3) is 0.444. The van der Waals surface area contributed by atoms with Crippen LogP contribution in [0.3, 0.4) is 0 Å². The van der Waals surface area contributed by atoms with Crippen molar-refractivity contribution in [1.82, 2.24) is 5.32 Å². The molecule has 2 rings (SSSR count). The van der Waals surface area contributed by atoms with Gasteiger partial charge in [-0.05, 0) is 12.1 Å². The average Bonchev–Trinajstić information content (AvgIpc) is 2.69. The van der Waals surface area contributed by atoms with Gasteiger partial charge in [-0.15, -0.1) is 0 Å². The van der Waals surface area contributed by atoms with Crippen LogP contribution in [0.15, 0.2) is 22.8 Å². The summed E-state index contributed by atoms with van der Waals surface area (Å²) in [5, 5.41) is 13.4. The quantitative estimate of drug-likeness (QED) is 0.579. The van der Waals surface area contributed by atoms with Gasteiger partial charge in [0.2, 0.25) is 11.9 Å². The summed E-state index contributed by atoms with van der Waals surface area (Å²) < 4.78 is 5.08. The summed E-state index contributed by atoms with van der Waals surface area (Å²) in [6, 6.07) is 1.84. The van der Waals surface area contributed by atoms with Crippen molar-refractivity contribution in [2.75, 3.05) is 0 Å². The van der Waals surface area contributed by atoms with Gasteiger partial charge in [0.25, 0.3) is 0 Å². The number of hydrogen-bond donors (Lipinski definition) is 1. The zero-order valence-electron chi connectivity index (χ0n) is 7.88. The second-order valence-electron chi connectivity index (χ2n) is 3.45. The first-order chi connectivity index (χ1) is 7.18. The standard InChI is InChI=1S/C9H10N2O4/c12-8-4-3-6(11(13)14)9(10-8)7-2-1-5-15-7/h1-2,5-6,9H,3-4H2,(H,10,12)/t6-,9+/m1/s1. The second-order valence-corrected chi connectivity index (χ2v) is 3.45. The number of furan rings is 1. The van der Waals surface area contributed by atoms with Gasteiger partial charge in [0.05, 0.1) is 6.26 Å². The highest BCUT2D eigenvalue weighted by atomic mass is 16.6. The van der Waals surface area contributed by atoms with Crippen LogP contribution in [0.25, 0.3) is 0 Å². The van der Waals surface area contributed by atoms with E-state index in [1.54, 1.807) is 12.1 Å². The number of nitrogens with one attached hydrogen (secondary N) is 1. The van der Waals surface area contributed by atoms with E-state index in [1.165, 1.54) is 6.26 Å². The fourth-order valence-electron chi connectivity index (χ4n) is 1.74. The second kappa shape index (κ2) is 3.72. The Morgan fingerprint density at radius 3 is 3.00 bits per heavy atom. The Bertz CT molecular complexity index is 373. The lowest BCUT2D eigenvalue weighted by molar-refractivity contribution is -0.530. The van der Waals surface area contributed by atoms with Crippen molar-refractivity contribution >= 4 is 5.91 Å². The molecule has 1 saturated heterocycles. The Hall–Kier alpha value is -1.85. The van der Waals surface area contributed by atoms with Gasteiger partial charge in [-0.3, -0.25) is 14.9 Å². The third-order valence-electron chi connectivity index (χ3n) is 2.49. The Morgan fingerprint density at radius 1 is 1.60 bits per heavy atom. The van der Waals surface area contributed by atoms with Gasteiger partial charge in [-0.1, -0.05) is 0 Å². The van der Waals surface area contributed by atoms with Crippen molar-refractivity contribution in [1.29, 1.82) is 0 Å². The number of nitrogens with zero attached hydrogens (tertiary/aromatic N) is 1. The minimum absolute atomic E-state index is 0.172. The van der Waals surface area contributed by atoms with Crippen LogP contribution in [-0.2, 0) is 4.79 Å². The van der Waals surface area contributed by atoms with E-state index in [2.05, 4.69) is 5.32 Å². The molecule has 6 nitrogen and oxygen atoms in total. The number of hydrogen-bond acceptors (Lipinski definition) is 4. The lowest BCUT2D eigenvalue weighted by Crippen LogP contribution is -2.44. The largest absolute Gasteiger partial charge is 0.467 e. The lowest BCUT2D eigenvalue weighted by Gasteiger charge is -2.24. The number of carbonyl (C=O) groups excluding carboxylic acids is 1. The summed E-state index contributed by atoms with van der Waals surface area (Å²) in [4.78, 5) is 21.6. The molecular weight excluding hydrogens is 200 g/mol. The number of nitro groups is 1. The number of piperidine rings is 1. The predicted octanol–water partition coefficient (Wildman–Crippen LogP) is 0.876. The molecule has 0 aliphatic carbocycles. The zero-order valence-corrected chi connectivity index (χ0v) is 7.88. The van der Waals surface area contributed by atoms with Gasteiger partial charge in [-0.2, -0.15) is 0 Å². The molecule has 0 saturated carbocycles. The van der Waals surface area contributed by atoms with Crippen molar-refractivity contribution in [3.63, 3.8) is 0 Å². The van der Waals surface area contributed by atoms with E-state index in [9.17, 15) is 14.9 Å². The number of amides is 1. The van der Waals surface area contributed by atoms with Crippen LogP contribution in [0.2, 0.25) is 0 Å². The minimum Gasteiger partial charge on any atom is -0.467 e. The molecule has 1 fully saturated rings. The molecule has 1 aliphatic heterocycles. The molecule has 80 valence electrons. The van der Waals surface area contributed by atoms with Crippen LogP contribution in [0, 0.1) is 10.1 Å². The van der Waals surface area contributed by atoms with E-state index in [0.29, 0.717) is 5.76 Å². The molecule has 15 heavy (non-hydrogen) atoms. The molecule has 0 radical (unpaired) electrons. The van der Waals surface area contributed by atoms with Crippen molar-refractivity contribution in [3.8, 4) is 0 Å². The van der Waals surface area contributed by atoms with Gasteiger partial charge in [-0.25, -0.2) is 0 Å². The topological polar surface area (TPSA) is 85.4 Å². The molecule has 2 atom stereocenters. The molecule has 1 aromatic rings. The molecule has 2 heterocycles. The van der Waals surface area contributed by atoms with E-state index in [1.807, 2.05) is 0 Å². The van der Waals surface area contributed by atoms with E-state index < -0.39 is 12.1 Å². The highest BCUT2D eigenvalue weighted by Crippen LogP contribution is 2.26. The first-order valence-corrected chi connectivity index (χ1v) is 4.65. The summed E-state index contributed by atoms with van der Waals surface area (Å²) >= 11 is 0. The van der Waals surface area contributed by atoms with E-state index in [-0.39, 0.29) is 23.7 Å². The molecule has 1 N–H and O–H groups in total. The maximum atomic E-state index is 11.2. The summed E-state index contributed by atoms with van der Waals surface area (Å²) in [6.45, 7) is 0. The first-order valence-electron chi connectivity index (χ1n) is 4.65. The van der Waals surface area contributed by atoms with Crippen LogP contribution >= 0.6 is 0 Å². The van der Waals surface area contributed by atoms with Crippen molar-refractivity contribution < 1.29 is 14.1 Å². The average molecular weight is 210 g/mol. The Balaban J connectivity index is 2.24. The molecule has 0 spiro atoms. The molecule has 0 bridgehead atoms. The summed E-state index contributed by atoms with van der Waals surface area (Å²) in [6.07, 6.45) is 1.89. The monoisotopic (exact) mass is 210 g/mol. The highest BCUT2D eigenvalue weighted by molar-refractivity contribution is 5.77. The SMILES string of the molecule is O=C1CC[C@@H]([N+](=O)[O-])[C@@H](c2ccco2)N1. The van der Waals surface area contributed by atoms with Crippen molar-refractivity contribution in [2.24, 2.45) is 0 Å². The zero-order chi connectivity index (χ0) is 10.8. The number of rotatable bonds is 2. The summed E-state index contributed by atoms with van der Waals surface area (Å²) in [5.41, 5.74) is 0. The maximum Gasteiger partial charge on any atom is 0.240 e. The summed E-state index contributed by atoms with van der Waals surface area (Å²) in [7, 11) is 0. The Kier molecular flexibility index (Phi) is 2.40. The van der Waals surface area contributed by atoms with Crippen molar-refractivity contribution in [3.05, 3.63) is 34.3 Å². The van der Waals surface area contributed by atoms with Crippen LogP contribution in [-0.4, -0.2) is 16.9 Å². The molecule has 1 aliphatic rings. The molecule has 0 aromatic carbocycles. The Labute approximate surface area is 85.4 Å². The molecule has 6 heteroatoms. The molecule has 0 unspecified atom stereocenters. The predicted molar refractivity (Wildman–Crippen MR) is 49.6 cm³/mol.